The third-order valence-corrected chi connectivity index (χ3v) is 10.3. The van der Waals surface area contributed by atoms with Crippen molar-refractivity contribution >= 4 is 72.3 Å². The molecule has 0 unspecified atom stereocenters. The van der Waals surface area contributed by atoms with E-state index in [1.54, 1.807) is 11.0 Å². The van der Waals surface area contributed by atoms with E-state index < -0.39 is 20.0 Å². The molecule has 4 rings (SSSR count). The van der Waals surface area contributed by atoms with E-state index in [-0.39, 0.29) is 37.1 Å². The molecule has 13 heteroatoms. The molecule has 8 nitrogen and oxygen atoms in total. The number of halogens is 2. The van der Waals surface area contributed by atoms with E-state index in [0.717, 1.165) is 12.8 Å². The molecular formula is C26H27Cl2N3O5S3. The molecule has 3 aromatic rings. The number of sulfonamides is 2. The van der Waals surface area contributed by atoms with Crippen LogP contribution in [0.25, 0.3) is 0 Å². The van der Waals surface area contributed by atoms with Gasteiger partial charge in [0.1, 0.15) is 0 Å². The number of hydrogen-bond acceptors (Lipinski definition) is 6. The number of piperidine rings is 1. The number of nitrogens with zero attached hydrogens (tertiary/aromatic N) is 1. The minimum Gasteiger partial charge on any atom is -0.339 e. The van der Waals surface area contributed by atoms with Gasteiger partial charge in [0.15, 0.2) is 0 Å². The summed E-state index contributed by atoms with van der Waals surface area (Å²) in [6.45, 7) is 3.43. The van der Waals surface area contributed by atoms with Crippen LogP contribution in [0.3, 0.4) is 0 Å². The zero-order valence-corrected chi connectivity index (χ0v) is 25.1. The topological polar surface area (TPSA) is 113 Å². The highest BCUT2D eigenvalue weighted by Crippen LogP contribution is 2.29. The number of carbonyl (C=O) groups is 1. The molecule has 208 valence electrons. The summed E-state index contributed by atoms with van der Waals surface area (Å²) in [5.41, 5.74) is 0.690. The minimum atomic E-state index is -4.06. The van der Waals surface area contributed by atoms with Gasteiger partial charge >= 0.3 is 0 Å². The van der Waals surface area contributed by atoms with Crippen molar-refractivity contribution in [2.75, 3.05) is 28.8 Å². The van der Waals surface area contributed by atoms with Gasteiger partial charge in [-0.15, -0.1) is 11.8 Å². The average molecular weight is 629 g/mol. The third-order valence-electron chi connectivity index (χ3n) is 6.31. The molecule has 1 aliphatic rings. The summed E-state index contributed by atoms with van der Waals surface area (Å²) in [7, 11) is -8.05. The highest BCUT2D eigenvalue weighted by atomic mass is 35.5. The highest BCUT2D eigenvalue weighted by Gasteiger charge is 2.25. The lowest BCUT2D eigenvalue weighted by Crippen LogP contribution is -2.38. The Kier molecular flexibility index (Phi) is 9.07. The van der Waals surface area contributed by atoms with Gasteiger partial charge < -0.3 is 4.90 Å². The van der Waals surface area contributed by atoms with Crippen molar-refractivity contribution in [2.45, 2.75) is 34.5 Å². The number of anilines is 2. The molecule has 0 bridgehead atoms. The fourth-order valence-electron chi connectivity index (χ4n) is 4.15. The van der Waals surface area contributed by atoms with Crippen LogP contribution in [0.1, 0.15) is 30.1 Å². The molecule has 0 atom stereocenters. The molecule has 0 spiro atoms. The maximum absolute atomic E-state index is 13.2. The number of likely N-dealkylation sites (tertiary alicyclic amines) is 1. The van der Waals surface area contributed by atoms with Crippen LogP contribution in [0.5, 0.6) is 0 Å². The van der Waals surface area contributed by atoms with Gasteiger partial charge in [-0.25, -0.2) is 16.8 Å². The Balaban J connectivity index is 1.53. The molecule has 0 aliphatic carbocycles. The number of benzene rings is 3. The molecular weight excluding hydrogens is 601 g/mol. The van der Waals surface area contributed by atoms with E-state index in [4.69, 9.17) is 23.2 Å². The molecule has 0 aromatic heterocycles. The van der Waals surface area contributed by atoms with Crippen LogP contribution >= 0.6 is 35.0 Å². The van der Waals surface area contributed by atoms with Crippen LogP contribution in [-0.2, 0) is 20.0 Å². The number of nitrogens with one attached hydrogen (secondary N) is 2. The Hall–Kier alpha value is -2.44. The fraction of sp³-hybridized carbons (Fsp3) is 0.269. The molecule has 39 heavy (non-hydrogen) atoms. The van der Waals surface area contributed by atoms with Crippen LogP contribution in [0, 0.1) is 5.92 Å². The molecule has 0 saturated carbocycles. The van der Waals surface area contributed by atoms with Gasteiger partial charge in [-0.3, -0.25) is 14.2 Å². The Morgan fingerprint density at radius 2 is 1.36 bits per heavy atom. The summed E-state index contributed by atoms with van der Waals surface area (Å²) in [6.07, 6.45) is 3.66. The van der Waals surface area contributed by atoms with Crippen LogP contribution < -0.4 is 9.44 Å². The summed E-state index contributed by atoms with van der Waals surface area (Å²) in [4.78, 5) is 15.6. The van der Waals surface area contributed by atoms with Gasteiger partial charge in [0, 0.05) is 33.7 Å². The van der Waals surface area contributed by atoms with E-state index in [1.807, 2.05) is 6.26 Å². The molecule has 3 aromatic carbocycles. The Morgan fingerprint density at radius 3 is 1.95 bits per heavy atom. The normalized spacial score (nSPS) is 14.7. The predicted octanol–water partition coefficient (Wildman–Crippen LogP) is 6.19. The maximum atomic E-state index is 13.2. The van der Waals surface area contributed by atoms with E-state index in [9.17, 15) is 21.6 Å². The smallest absolute Gasteiger partial charge is 0.261 e. The molecule has 0 radical (unpaired) electrons. The highest BCUT2D eigenvalue weighted by molar-refractivity contribution is 7.98. The molecule has 1 fully saturated rings. The lowest BCUT2D eigenvalue weighted by Gasteiger charge is -2.30. The van der Waals surface area contributed by atoms with E-state index in [2.05, 4.69) is 16.4 Å². The zero-order chi connectivity index (χ0) is 28.4. The van der Waals surface area contributed by atoms with Gasteiger partial charge in [0.05, 0.1) is 21.0 Å². The number of hydrogen-bond donors (Lipinski definition) is 2. The summed E-state index contributed by atoms with van der Waals surface area (Å²) < 4.78 is 56.8. The fourth-order valence-corrected chi connectivity index (χ4v) is 7.37. The first-order valence-electron chi connectivity index (χ1n) is 12.0. The monoisotopic (exact) mass is 627 g/mol. The van der Waals surface area contributed by atoms with Crippen LogP contribution in [0.2, 0.25) is 10.0 Å². The average Bonchev–Trinajstić information content (AvgIpc) is 2.87. The predicted molar refractivity (Wildman–Crippen MR) is 157 cm³/mol. The van der Waals surface area contributed by atoms with E-state index in [0.29, 0.717) is 29.5 Å². The van der Waals surface area contributed by atoms with Crippen molar-refractivity contribution in [1.29, 1.82) is 0 Å². The number of thioether (sulfide) groups is 1. The minimum absolute atomic E-state index is 0.0646. The standard InChI is InChI=1S/C26H27Cl2N3O5S3/c1-17-9-11-31(12-10-17)26(32)24-16-23(7-8-25(24)37-2)39(35,36)29-20-3-5-22(6-4-20)38(33,34)30-21-14-18(27)13-19(28)15-21/h3-8,13-17,29-30H,9-12H2,1-2H3. The van der Waals surface area contributed by atoms with E-state index >= 15 is 0 Å². The zero-order valence-electron chi connectivity index (χ0n) is 21.1. The summed E-state index contributed by atoms with van der Waals surface area (Å²) >= 11 is 13.3. The van der Waals surface area contributed by atoms with Gasteiger partial charge in [-0.1, -0.05) is 30.1 Å². The second kappa shape index (κ2) is 12.0. The summed E-state index contributed by atoms with van der Waals surface area (Å²) in [5.74, 6) is 0.365. The van der Waals surface area contributed by atoms with Crippen molar-refractivity contribution in [3.63, 3.8) is 0 Å². The first-order valence-corrected chi connectivity index (χ1v) is 16.9. The second-order valence-corrected chi connectivity index (χ2v) is 14.3. The molecule has 1 amide bonds. The van der Waals surface area contributed by atoms with Crippen LogP contribution in [-0.4, -0.2) is 47.0 Å². The van der Waals surface area contributed by atoms with Crippen LogP contribution in [0.4, 0.5) is 11.4 Å². The largest absolute Gasteiger partial charge is 0.339 e. The van der Waals surface area contributed by atoms with Gasteiger partial charge in [-0.2, -0.15) is 0 Å². The molecule has 1 heterocycles. The van der Waals surface area contributed by atoms with Crippen molar-refractivity contribution in [1.82, 2.24) is 4.90 Å². The maximum Gasteiger partial charge on any atom is 0.261 e. The van der Waals surface area contributed by atoms with Gasteiger partial charge in [-0.05, 0) is 85.7 Å². The van der Waals surface area contributed by atoms with Crippen molar-refractivity contribution in [3.05, 3.63) is 76.3 Å². The second-order valence-electron chi connectivity index (χ2n) is 9.23. The quantitative estimate of drug-likeness (QED) is 0.288. The lowest BCUT2D eigenvalue weighted by atomic mass is 9.98. The Morgan fingerprint density at radius 1 is 0.821 bits per heavy atom. The van der Waals surface area contributed by atoms with E-state index in [1.165, 1.54) is 66.4 Å². The third kappa shape index (κ3) is 7.20. The first kappa shape index (κ1) is 29.5. The SMILES string of the molecule is CSc1ccc(S(=O)(=O)Nc2ccc(S(=O)(=O)Nc3cc(Cl)cc(Cl)c3)cc2)cc1C(=O)N1CCC(C)CC1. The van der Waals surface area contributed by atoms with Crippen molar-refractivity contribution in [2.24, 2.45) is 5.92 Å². The summed E-state index contributed by atoms with van der Waals surface area (Å²) in [5, 5.41) is 0.539. The first-order chi connectivity index (χ1) is 18.4. The van der Waals surface area contributed by atoms with Crippen LogP contribution in [0.15, 0.2) is 75.4 Å². The Bertz CT molecular complexity index is 1570. The van der Waals surface area contributed by atoms with Gasteiger partial charge in [0.2, 0.25) is 0 Å². The number of carbonyl (C=O) groups excluding carboxylic acids is 1. The van der Waals surface area contributed by atoms with Gasteiger partial charge in [0.25, 0.3) is 26.0 Å². The lowest BCUT2D eigenvalue weighted by molar-refractivity contribution is 0.0693. The van der Waals surface area contributed by atoms with Crippen molar-refractivity contribution < 1.29 is 21.6 Å². The number of rotatable bonds is 8. The summed E-state index contributed by atoms with van der Waals surface area (Å²) in [6, 6.07) is 14.0. The Labute approximate surface area is 243 Å². The van der Waals surface area contributed by atoms with Crippen molar-refractivity contribution in [3.8, 4) is 0 Å². The molecule has 2 N–H and O–H groups in total. The molecule has 1 aliphatic heterocycles. The molecule has 1 saturated heterocycles. The number of amides is 1.